The molecular weight excluding hydrogens is 232 g/mol. The molecule has 2 rings (SSSR count). The Balaban J connectivity index is 2.11. The highest BCUT2D eigenvalue weighted by Gasteiger charge is 2.45. The number of likely N-dealkylation sites (tertiary alicyclic amines) is 1. The fourth-order valence-corrected chi connectivity index (χ4v) is 4.19. The molecule has 0 aromatic rings. The maximum absolute atomic E-state index is 4.00. The highest BCUT2D eigenvalue weighted by Crippen LogP contribution is 2.40. The van der Waals surface area contributed by atoms with Gasteiger partial charge >= 0.3 is 0 Å². The fraction of sp³-hybridized carbons (Fsp3) is 0.882. The van der Waals surface area contributed by atoms with Crippen molar-refractivity contribution in [1.82, 2.24) is 10.2 Å². The van der Waals surface area contributed by atoms with Gasteiger partial charge in [0.15, 0.2) is 0 Å². The molecule has 0 bridgehead atoms. The molecule has 0 amide bonds. The molecule has 2 nitrogen and oxygen atoms in total. The fourth-order valence-electron chi connectivity index (χ4n) is 4.19. The highest BCUT2D eigenvalue weighted by atomic mass is 15.2. The molecule has 0 spiro atoms. The first-order valence-electron chi connectivity index (χ1n) is 8.43. The van der Waals surface area contributed by atoms with E-state index in [2.05, 4.69) is 29.8 Å². The first-order valence-corrected chi connectivity index (χ1v) is 8.43. The number of hydrogen-bond acceptors (Lipinski definition) is 2. The molecule has 1 saturated carbocycles. The minimum absolute atomic E-state index is 0.434. The van der Waals surface area contributed by atoms with Gasteiger partial charge in [0.2, 0.25) is 0 Å². The highest BCUT2D eigenvalue weighted by molar-refractivity contribution is 5.05. The van der Waals surface area contributed by atoms with Crippen molar-refractivity contribution in [2.24, 2.45) is 0 Å². The zero-order valence-corrected chi connectivity index (χ0v) is 12.8. The molecule has 1 aliphatic carbocycles. The van der Waals surface area contributed by atoms with Gasteiger partial charge < -0.3 is 5.32 Å². The van der Waals surface area contributed by atoms with Crippen LogP contribution in [0.1, 0.15) is 64.7 Å². The second-order valence-corrected chi connectivity index (χ2v) is 6.39. The van der Waals surface area contributed by atoms with Crippen molar-refractivity contribution in [2.45, 2.75) is 76.3 Å². The average Bonchev–Trinajstić information content (AvgIpc) is 2.95. The average molecular weight is 264 g/mol. The normalized spacial score (nSPS) is 25.3. The van der Waals surface area contributed by atoms with Gasteiger partial charge in [0, 0.05) is 11.6 Å². The zero-order valence-electron chi connectivity index (χ0n) is 12.8. The SMILES string of the molecule is C=CCC(NCCC)C1(N2CCCCC2)CCCC1. The van der Waals surface area contributed by atoms with E-state index < -0.39 is 0 Å². The summed E-state index contributed by atoms with van der Waals surface area (Å²) < 4.78 is 0. The number of nitrogens with zero attached hydrogens (tertiary/aromatic N) is 1. The molecule has 1 N–H and O–H groups in total. The summed E-state index contributed by atoms with van der Waals surface area (Å²) in [6, 6.07) is 0.616. The van der Waals surface area contributed by atoms with Gasteiger partial charge in [0.05, 0.1) is 0 Å². The van der Waals surface area contributed by atoms with Gasteiger partial charge in [-0.1, -0.05) is 32.3 Å². The summed E-state index contributed by atoms with van der Waals surface area (Å²) in [5.74, 6) is 0. The topological polar surface area (TPSA) is 15.3 Å². The van der Waals surface area contributed by atoms with Crippen molar-refractivity contribution in [1.29, 1.82) is 0 Å². The second kappa shape index (κ2) is 7.44. The molecule has 1 unspecified atom stereocenters. The summed E-state index contributed by atoms with van der Waals surface area (Å²) in [7, 11) is 0. The van der Waals surface area contributed by atoms with Crippen LogP contribution in [-0.4, -0.2) is 36.1 Å². The van der Waals surface area contributed by atoms with Crippen molar-refractivity contribution in [3.05, 3.63) is 12.7 Å². The number of nitrogens with one attached hydrogen (secondary N) is 1. The predicted molar refractivity (Wildman–Crippen MR) is 83.5 cm³/mol. The third-order valence-corrected chi connectivity index (χ3v) is 5.15. The molecule has 2 heteroatoms. The molecule has 110 valence electrons. The maximum Gasteiger partial charge on any atom is 0.0365 e. The van der Waals surface area contributed by atoms with Crippen molar-refractivity contribution < 1.29 is 0 Å². The predicted octanol–water partition coefficient (Wildman–Crippen LogP) is 3.73. The maximum atomic E-state index is 4.00. The summed E-state index contributed by atoms with van der Waals surface area (Å²) in [6.07, 6.45) is 14.3. The molecule has 0 radical (unpaired) electrons. The van der Waals surface area contributed by atoms with Gasteiger partial charge in [-0.05, 0) is 58.2 Å². The Hall–Kier alpha value is -0.340. The Morgan fingerprint density at radius 2 is 1.84 bits per heavy atom. The molecule has 1 saturated heterocycles. The third kappa shape index (κ3) is 3.41. The van der Waals surface area contributed by atoms with Gasteiger partial charge in [-0.3, -0.25) is 4.90 Å². The standard InChI is InChI=1S/C17H32N2/c1-3-10-16(18-13-4-2)17(11-6-7-12-17)19-14-8-5-9-15-19/h3,16,18H,1,4-15H2,2H3. The number of rotatable bonds is 7. The van der Waals surface area contributed by atoms with E-state index in [0.717, 1.165) is 13.0 Å². The van der Waals surface area contributed by atoms with Crippen LogP contribution in [-0.2, 0) is 0 Å². The summed E-state index contributed by atoms with van der Waals surface area (Å²) in [5, 5.41) is 3.84. The van der Waals surface area contributed by atoms with Crippen molar-refractivity contribution >= 4 is 0 Å². The van der Waals surface area contributed by atoms with E-state index in [0.29, 0.717) is 11.6 Å². The van der Waals surface area contributed by atoms with E-state index in [1.54, 1.807) is 0 Å². The summed E-state index contributed by atoms with van der Waals surface area (Å²) in [4.78, 5) is 2.83. The van der Waals surface area contributed by atoms with Crippen LogP contribution in [0.5, 0.6) is 0 Å². The van der Waals surface area contributed by atoms with Crippen LogP contribution in [0.15, 0.2) is 12.7 Å². The number of piperidine rings is 1. The molecule has 1 atom stereocenters. The minimum atomic E-state index is 0.434. The molecule has 0 aromatic heterocycles. The van der Waals surface area contributed by atoms with Crippen molar-refractivity contribution in [3.63, 3.8) is 0 Å². The smallest absolute Gasteiger partial charge is 0.0365 e. The molecule has 0 aromatic carbocycles. The third-order valence-electron chi connectivity index (χ3n) is 5.15. The van der Waals surface area contributed by atoms with E-state index >= 15 is 0 Å². The van der Waals surface area contributed by atoms with Gasteiger partial charge in [-0.15, -0.1) is 6.58 Å². The molecule has 1 aliphatic heterocycles. The van der Waals surface area contributed by atoms with Gasteiger partial charge in [0.25, 0.3) is 0 Å². The van der Waals surface area contributed by atoms with E-state index in [-0.39, 0.29) is 0 Å². The van der Waals surface area contributed by atoms with Crippen LogP contribution < -0.4 is 5.32 Å². The molecule has 1 heterocycles. The molecule has 2 fully saturated rings. The monoisotopic (exact) mass is 264 g/mol. The largest absolute Gasteiger partial charge is 0.312 e. The van der Waals surface area contributed by atoms with Gasteiger partial charge in [-0.2, -0.15) is 0 Å². The van der Waals surface area contributed by atoms with Crippen LogP contribution in [0.25, 0.3) is 0 Å². The lowest BCUT2D eigenvalue weighted by Crippen LogP contribution is -2.61. The second-order valence-electron chi connectivity index (χ2n) is 6.39. The van der Waals surface area contributed by atoms with Gasteiger partial charge in [-0.25, -0.2) is 0 Å². The Labute approximate surface area is 119 Å². The lowest BCUT2D eigenvalue weighted by molar-refractivity contribution is 0.0374. The zero-order chi connectivity index (χ0) is 13.6. The first kappa shape index (κ1) is 15.1. The Bertz CT molecular complexity index is 262. The van der Waals surface area contributed by atoms with Crippen molar-refractivity contribution in [2.75, 3.05) is 19.6 Å². The van der Waals surface area contributed by atoms with Crippen molar-refractivity contribution in [3.8, 4) is 0 Å². The van der Waals surface area contributed by atoms with Crippen LogP contribution in [0.3, 0.4) is 0 Å². The Morgan fingerprint density at radius 3 is 2.42 bits per heavy atom. The lowest BCUT2D eigenvalue weighted by Gasteiger charge is -2.48. The Kier molecular flexibility index (Phi) is 5.90. The quantitative estimate of drug-likeness (QED) is 0.705. The summed E-state index contributed by atoms with van der Waals surface area (Å²) >= 11 is 0. The summed E-state index contributed by atoms with van der Waals surface area (Å²) in [6.45, 7) is 10.1. The van der Waals surface area contributed by atoms with E-state index in [9.17, 15) is 0 Å². The minimum Gasteiger partial charge on any atom is -0.312 e. The molecular formula is C17H32N2. The molecule has 19 heavy (non-hydrogen) atoms. The molecule has 2 aliphatic rings. The van der Waals surface area contributed by atoms with E-state index in [4.69, 9.17) is 0 Å². The van der Waals surface area contributed by atoms with Crippen LogP contribution in [0.4, 0.5) is 0 Å². The van der Waals surface area contributed by atoms with E-state index in [1.807, 2.05) is 0 Å². The Morgan fingerprint density at radius 1 is 1.16 bits per heavy atom. The van der Waals surface area contributed by atoms with E-state index in [1.165, 1.54) is 64.5 Å². The number of hydrogen-bond donors (Lipinski definition) is 1. The van der Waals surface area contributed by atoms with Crippen LogP contribution >= 0.6 is 0 Å². The van der Waals surface area contributed by atoms with Gasteiger partial charge in [0.1, 0.15) is 0 Å². The first-order chi connectivity index (χ1) is 9.33. The van der Waals surface area contributed by atoms with Crippen LogP contribution in [0, 0.1) is 0 Å². The van der Waals surface area contributed by atoms with Crippen LogP contribution in [0.2, 0.25) is 0 Å². The lowest BCUT2D eigenvalue weighted by atomic mass is 9.82. The summed E-state index contributed by atoms with van der Waals surface area (Å²) in [5.41, 5.74) is 0.434.